The Morgan fingerprint density at radius 2 is 1.35 bits per heavy atom. The monoisotopic (exact) mass is 400 g/mol. The average Bonchev–Trinajstić information content (AvgIpc) is 2.47. The van der Waals surface area contributed by atoms with Gasteiger partial charge in [0.2, 0.25) is 11.8 Å². The molecular weight excluding hydrogens is 392 g/mol. The molecule has 0 spiro atoms. The summed E-state index contributed by atoms with van der Waals surface area (Å²) in [5, 5.41) is 0. The highest BCUT2D eigenvalue weighted by molar-refractivity contribution is 9.10. The molecule has 0 unspecified atom stereocenters. The summed E-state index contributed by atoms with van der Waals surface area (Å²) in [4.78, 5) is 20.6. The van der Waals surface area contributed by atoms with E-state index in [1.54, 1.807) is 12.1 Å². The summed E-state index contributed by atoms with van der Waals surface area (Å²) in [7, 11) is 2.99. The molecule has 2 rings (SSSR count). The normalized spacial score (nSPS) is 10.2. The van der Waals surface area contributed by atoms with Gasteiger partial charge < -0.3 is 9.47 Å². The lowest BCUT2D eigenvalue weighted by atomic mass is 10.1. The van der Waals surface area contributed by atoms with E-state index in [4.69, 9.17) is 9.47 Å². The third-order valence-electron chi connectivity index (χ3n) is 2.57. The molecule has 2 aromatic heterocycles. The molecule has 0 saturated carbocycles. The number of methoxy groups -OCH3 is 2. The molecule has 20 heavy (non-hydrogen) atoms. The molecule has 5 nitrogen and oxygen atoms in total. The van der Waals surface area contributed by atoms with Crippen molar-refractivity contribution in [3.8, 4) is 11.8 Å². The van der Waals surface area contributed by atoms with Crippen LogP contribution < -0.4 is 9.47 Å². The topological polar surface area (TPSA) is 61.3 Å². The maximum atomic E-state index is 12.6. The standard InChI is InChI=1S/C13H10Br2N2O3/c1-19-11-3-7(9(14)5-16-11)13(18)8-4-12(20-2)17-6-10(8)15/h3-6H,1-2H3. The van der Waals surface area contributed by atoms with Crippen molar-refractivity contribution in [2.75, 3.05) is 14.2 Å². The molecule has 104 valence electrons. The third kappa shape index (κ3) is 2.99. The minimum absolute atomic E-state index is 0.190. The zero-order chi connectivity index (χ0) is 14.7. The van der Waals surface area contributed by atoms with Gasteiger partial charge in [0.25, 0.3) is 0 Å². The fourth-order valence-corrected chi connectivity index (χ4v) is 2.35. The number of nitrogens with zero attached hydrogens (tertiary/aromatic N) is 2. The van der Waals surface area contributed by atoms with Crippen LogP contribution in [0.25, 0.3) is 0 Å². The van der Waals surface area contributed by atoms with Gasteiger partial charge in [0.15, 0.2) is 5.78 Å². The van der Waals surface area contributed by atoms with Gasteiger partial charge in [-0.05, 0) is 31.9 Å². The summed E-state index contributed by atoms with van der Waals surface area (Å²) in [6.45, 7) is 0. The molecule has 0 aliphatic rings. The summed E-state index contributed by atoms with van der Waals surface area (Å²) >= 11 is 6.63. The first kappa shape index (κ1) is 14.9. The zero-order valence-electron chi connectivity index (χ0n) is 10.7. The van der Waals surface area contributed by atoms with Crippen LogP contribution in [0.15, 0.2) is 33.5 Å². The van der Waals surface area contributed by atoms with E-state index in [9.17, 15) is 4.79 Å². The van der Waals surface area contributed by atoms with Crippen molar-refractivity contribution in [1.82, 2.24) is 9.97 Å². The summed E-state index contributed by atoms with van der Waals surface area (Å²) in [5.74, 6) is 0.549. The van der Waals surface area contributed by atoms with E-state index < -0.39 is 0 Å². The molecular formula is C13H10Br2N2O3. The van der Waals surface area contributed by atoms with Crippen molar-refractivity contribution >= 4 is 37.6 Å². The zero-order valence-corrected chi connectivity index (χ0v) is 13.9. The molecule has 7 heteroatoms. The van der Waals surface area contributed by atoms with Crippen molar-refractivity contribution in [2.24, 2.45) is 0 Å². The summed E-state index contributed by atoms with van der Waals surface area (Å²) in [5.41, 5.74) is 0.900. The van der Waals surface area contributed by atoms with Crippen molar-refractivity contribution in [3.63, 3.8) is 0 Å². The van der Waals surface area contributed by atoms with E-state index >= 15 is 0 Å². The van der Waals surface area contributed by atoms with Gasteiger partial charge in [0.1, 0.15) is 0 Å². The second-order valence-electron chi connectivity index (χ2n) is 3.74. The molecule has 0 radical (unpaired) electrons. The van der Waals surface area contributed by atoms with Crippen LogP contribution in [0, 0.1) is 0 Å². The van der Waals surface area contributed by atoms with Crippen LogP contribution in [0.4, 0.5) is 0 Å². The number of ketones is 1. The van der Waals surface area contributed by atoms with Gasteiger partial charge in [0.05, 0.1) is 14.2 Å². The predicted molar refractivity (Wildman–Crippen MR) is 80.4 cm³/mol. The largest absolute Gasteiger partial charge is 0.481 e. The first-order valence-electron chi connectivity index (χ1n) is 5.50. The number of ether oxygens (including phenoxy) is 2. The van der Waals surface area contributed by atoms with Gasteiger partial charge >= 0.3 is 0 Å². The highest BCUT2D eigenvalue weighted by Crippen LogP contribution is 2.27. The van der Waals surface area contributed by atoms with Crippen LogP contribution >= 0.6 is 31.9 Å². The predicted octanol–water partition coefficient (Wildman–Crippen LogP) is 3.25. The highest BCUT2D eigenvalue weighted by atomic mass is 79.9. The lowest BCUT2D eigenvalue weighted by molar-refractivity contribution is 0.103. The molecule has 0 aliphatic heterocycles. The Balaban J connectivity index is 2.51. The molecule has 0 bridgehead atoms. The molecule has 0 N–H and O–H groups in total. The van der Waals surface area contributed by atoms with Crippen molar-refractivity contribution < 1.29 is 14.3 Å². The van der Waals surface area contributed by atoms with Gasteiger partial charge in [-0.1, -0.05) is 0 Å². The van der Waals surface area contributed by atoms with Crippen molar-refractivity contribution in [1.29, 1.82) is 0 Å². The molecule has 0 amide bonds. The first-order valence-corrected chi connectivity index (χ1v) is 7.09. The second kappa shape index (κ2) is 6.32. The van der Waals surface area contributed by atoms with E-state index in [1.165, 1.54) is 26.6 Å². The smallest absolute Gasteiger partial charge is 0.213 e. The van der Waals surface area contributed by atoms with Crippen molar-refractivity contribution in [3.05, 3.63) is 44.6 Å². The highest BCUT2D eigenvalue weighted by Gasteiger charge is 2.18. The number of pyridine rings is 2. The summed E-state index contributed by atoms with van der Waals surface area (Å²) in [6.07, 6.45) is 3.05. The minimum atomic E-state index is -0.190. The molecule has 0 saturated heterocycles. The summed E-state index contributed by atoms with van der Waals surface area (Å²) in [6, 6.07) is 3.15. The van der Waals surface area contributed by atoms with Crippen LogP contribution in [-0.2, 0) is 0 Å². The average molecular weight is 402 g/mol. The molecule has 2 aromatic rings. The van der Waals surface area contributed by atoms with Gasteiger partial charge in [-0.15, -0.1) is 0 Å². The van der Waals surface area contributed by atoms with Crippen LogP contribution in [-0.4, -0.2) is 30.0 Å². The number of aromatic nitrogens is 2. The Bertz CT molecular complexity index is 607. The van der Waals surface area contributed by atoms with Crippen LogP contribution in [0.3, 0.4) is 0 Å². The van der Waals surface area contributed by atoms with Gasteiger partial charge in [-0.2, -0.15) is 0 Å². The van der Waals surface area contributed by atoms with Gasteiger partial charge in [-0.25, -0.2) is 9.97 Å². The fraction of sp³-hybridized carbons (Fsp3) is 0.154. The SMILES string of the molecule is COc1cc(C(=O)c2cc(OC)ncc2Br)c(Br)cn1. The Labute approximate surface area is 132 Å². The molecule has 0 atom stereocenters. The molecule has 0 aliphatic carbocycles. The third-order valence-corrected chi connectivity index (χ3v) is 3.83. The number of carbonyl (C=O) groups excluding carboxylic acids is 1. The Hall–Kier alpha value is -1.47. The number of rotatable bonds is 4. The van der Waals surface area contributed by atoms with Crippen LogP contribution in [0.1, 0.15) is 15.9 Å². The fourth-order valence-electron chi connectivity index (χ4n) is 1.56. The van der Waals surface area contributed by atoms with Crippen LogP contribution in [0.5, 0.6) is 11.8 Å². The molecule has 0 aromatic carbocycles. The maximum Gasteiger partial charge on any atom is 0.213 e. The minimum Gasteiger partial charge on any atom is -0.481 e. The number of hydrogen-bond acceptors (Lipinski definition) is 5. The maximum absolute atomic E-state index is 12.6. The Kier molecular flexibility index (Phi) is 4.72. The van der Waals surface area contributed by atoms with Gasteiger partial charge in [0, 0.05) is 44.6 Å². The number of halogens is 2. The number of carbonyl (C=O) groups is 1. The van der Waals surface area contributed by atoms with Crippen molar-refractivity contribution in [2.45, 2.75) is 0 Å². The van der Waals surface area contributed by atoms with Crippen LogP contribution in [0.2, 0.25) is 0 Å². The first-order chi connectivity index (χ1) is 9.56. The molecule has 0 fully saturated rings. The van der Waals surface area contributed by atoms with Gasteiger partial charge in [-0.3, -0.25) is 4.79 Å². The lowest BCUT2D eigenvalue weighted by Gasteiger charge is -2.08. The quantitative estimate of drug-likeness (QED) is 0.736. The van der Waals surface area contributed by atoms with E-state index in [0.29, 0.717) is 31.8 Å². The Morgan fingerprint density at radius 1 is 0.950 bits per heavy atom. The molecule has 2 heterocycles. The second-order valence-corrected chi connectivity index (χ2v) is 5.45. The van der Waals surface area contributed by atoms with E-state index in [2.05, 4.69) is 41.8 Å². The number of hydrogen-bond donors (Lipinski definition) is 0. The Morgan fingerprint density at radius 3 is 1.70 bits per heavy atom. The van der Waals surface area contributed by atoms with E-state index in [-0.39, 0.29) is 5.78 Å². The summed E-state index contributed by atoms with van der Waals surface area (Å²) < 4.78 is 11.3. The lowest BCUT2D eigenvalue weighted by Crippen LogP contribution is -2.06. The van der Waals surface area contributed by atoms with E-state index in [1.807, 2.05) is 0 Å². The van der Waals surface area contributed by atoms with E-state index in [0.717, 1.165) is 0 Å².